The van der Waals surface area contributed by atoms with Gasteiger partial charge in [0.2, 0.25) is 0 Å². The van der Waals surface area contributed by atoms with Crippen molar-refractivity contribution in [1.29, 1.82) is 0 Å². The maximum Gasteiger partial charge on any atom is 0.251 e. The fourth-order valence-corrected chi connectivity index (χ4v) is 2.89. The van der Waals surface area contributed by atoms with Crippen molar-refractivity contribution in [3.63, 3.8) is 0 Å². The van der Waals surface area contributed by atoms with Crippen molar-refractivity contribution in [2.24, 2.45) is 0 Å². The van der Waals surface area contributed by atoms with Crippen LogP contribution in [-0.2, 0) is 0 Å². The molecule has 0 spiro atoms. The Morgan fingerprint density at radius 3 is 2.33 bits per heavy atom. The second-order valence-corrected chi connectivity index (χ2v) is 5.88. The Balaban J connectivity index is 1.80. The van der Waals surface area contributed by atoms with Gasteiger partial charge < -0.3 is 10.1 Å². The van der Waals surface area contributed by atoms with Gasteiger partial charge in [-0.1, -0.05) is 61.5 Å². The molecule has 24 heavy (non-hydrogen) atoms. The summed E-state index contributed by atoms with van der Waals surface area (Å²) in [6.45, 7) is 2.71. The molecule has 3 nitrogen and oxygen atoms in total. The van der Waals surface area contributed by atoms with Gasteiger partial charge >= 0.3 is 0 Å². The van der Waals surface area contributed by atoms with E-state index in [1.54, 1.807) is 7.11 Å². The molecule has 0 aliphatic rings. The van der Waals surface area contributed by atoms with Crippen LogP contribution >= 0.6 is 0 Å². The molecule has 0 aromatic heterocycles. The van der Waals surface area contributed by atoms with Crippen LogP contribution in [0.25, 0.3) is 10.8 Å². The molecule has 3 aromatic carbocycles. The number of carbonyl (C=O) groups is 1. The van der Waals surface area contributed by atoms with Gasteiger partial charge in [-0.05, 0) is 29.0 Å². The monoisotopic (exact) mass is 319 g/mol. The molecule has 0 saturated heterocycles. The molecule has 0 bridgehead atoms. The van der Waals surface area contributed by atoms with Crippen LogP contribution in [0.15, 0.2) is 66.7 Å². The molecule has 0 aliphatic heterocycles. The first-order chi connectivity index (χ1) is 11.7. The highest BCUT2D eigenvalue weighted by Crippen LogP contribution is 2.28. The number of carbonyl (C=O) groups excluding carboxylic acids is 1. The van der Waals surface area contributed by atoms with Crippen LogP contribution in [0.3, 0.4) is 0 Å². The van der Waals surface area contributed by atoms with Gasteiger partial charge in [-0.2, -0.15) is 0 Å². The lowest BCUT2D eigenvalue weighted by Gasteiger charge is -2.14. The summed E-state index contributed by atoms with van der Waals surface area (Å²) in [6, 6.07) is 21.7. The Kier molecular flexibility index (Phi) is 4.80. The molecule has 3 heteroatoms. The van der Waals surface area contributed by atoms with Gasteiger partial charge in [0.15, 0.2) is 0 Å². The number of methoxy groups -OCH3 is 1. The van der Waals surface area contributed by atoms with Crippen LogP contribution < -0.4 is 10.1 Å². The fraction of sp³-hybridized carbons (Fsp3) is 0.190. The number of amides is 1. The molecule has 1 N–H and O–H groups in total. The Bertz CT molecular complexity index is 843. The normalized spacial score (nSPS) is 11.9. The van der Waals surface area contributed by atoms with Gasteiger partial charge in [-0.15, -0.1) is 0 Å². The van der Waals surface area contributed by atoms with E-state index >= 15 is 0 Å². The van der Waals surface area contributed by atoms with E-state index in [4.69, 9.17) is 4.74 Å². The van der Waals surface area contributed by atoms with Crippen LogP contribution in [0, 0.1) is 0 Å². The predicted molar refractivity (Wildman–Crippen MR) is 97.7 cm³/mol. The molecule has 1 amide bonds. The Hall–Kier alpha value is -2.81. The number of hydrogen-bond donors (Lipinski definition) is 1. The molecule has 0 unspecified atom stereocenters. The highest BCUT2D eigenvalue weighted by molar-refractivity contribution is 6.08. The van der Waals surface area contributed by atoms with E-state index in [1.165, 1.54) is 5.56 Å². The summed E-state index contributed by atoms with van der Waals surface area (Å²) in [5.74, 6) is 0.983. The molecule has 122 valence electrons. The summed E-state index contributed by atoms with van der Waals surface area (Å²) >= 11 is 0. The van der Waals surface area contributed by atoms with Gasteiger partial charge in [0, 0.05) is 17.5 Å². The molecule has 0 saturated carbocycles. The second-order valence-electron chi connectivity index (χ2n) is 5.88. The number of ether oxygens (including phenoxy) is 1. The Morgan fingerprint density at radius 2 is 1.62 bits per heavy atom. The third kappa shape index (κ3) is 3.25. The van der Waals surface area contributed by atoms with Crippen LogP contribution in [0.2, 0.25) is 0 Å². The quantitative estimate of drug-likeness (QED) is 0.758. The molecular formula is C21H21NO2. The third-order valence-electron chi connectivity index (χ3n) is 4.29. The number of nitrogens with one attached hydrogen (secondary N) is 1. The van der Waals surface area contributed by atoms with Crippen molar-refractivity contribution < 1.29 is 9.53 Å². The van der Waals surface area contributed by atoms with E-state index in [0.717, 1.165) is 16.5 Å². The SMILES string of the molecule is COc1ccc(C(=O)NC[C@H](C)c2ccccc2)c2ccccc12. The van der Waals surface area contributed by atoms with E-state index in [2.05, 4.69) is 24.4 Å². The number of fused-ring (bicyclic) bond motifs is 1. The molecular weight excluding hydrogens is 298 g/mol. The van der Waals surface area contributed by atoms with Crippen LogP contribution in [0.4, 0.5) is 0 Å². The minimum Gasteiger partial charge on any atom is -0.496 e. The standard InChI is InChI=1S/C21H21NO2/c1-15(16-8-4-3-5-9-16)14-22-21(23)19-12-13-20(24-2)18-11-7-6-10-17(18)19/h3-13,15H,14H2,1-2H3,(H,22,23)/t15-/m0/s1. The highest BCUT2D eigenvalue weighted by Gasteiger charge is 2.14. The van der Waals surface area contributed by atoms with Crippen LogP contribution in [0.1, 0.15) is 28.8 Å². The lowest BCUT2D eigenvalue weighted by molar-refractivity contribution is 0.0953. The summed E-state index contributed by atoms with van der Waals surface area (Å²) in [5, 5.41) is 4.90. The van der Waals surface area contributed by atoms with Crippen molar-refractivity contribution in [2.45, 2.75) is 12.8 Å². The first-order valence-corrected chi connectivity index (χ1v) is 8.09. The van der Waals surface area contributed by atoms with E-state index in [-0.39, 0.29) is 11.8 Å². The zero-order chi connectivity index (χ0) is 16.9. The van der Waals surface area contributed by atoms with Crippen LogP contribution in [0.5, 0.6) is 5.75 Å². The van der Waals surface area contributed by atoms with Crippen molar-refractivity contribution in [1.82, 2.24) is 5.32 Å². The number of hydrogen-bond acceptors (Lipinski definition) is 2. The lowest BCUT2D eigenvalue weighted by Crippen LogP contribution is -2.27. The van der Waals surface area contributed by atoms with Gasteiger partial charge in [-0.3, -0.25) is 4.79 Å². The predicted octanol–water partition coefficient (Wildman–Crippen LogP) is 4.38. The maximum absolute atomic E-state index is 12.6. The smallest absolute Gasteiger partial charge is 0.251 e. The van der Waals surface area contributed by atoms with Crippen molar-refractivity contribution in [3.05, 3.63) is 77.9 Å². The average Bonchev–Trinajstić information content (AvgIpc) is 2.65. The first kappa shape index (κ1) is 16.1. The summed E-state index contributed by atoms with van der Waals surface area (Å²) in [6.07, 6.45) is 0. The summed E-state index contributed by atoms with van der Waals surface area (Å²) in [7, 11) is 1.64. The first-order valence-electron chi connectivity index (χ1n) is 8.09. The third-order valence-corrected chi connectivity index (χ3v) is 4.29. The molecule has 1 atom stereocenters. The molecule has 0 aliphatic carbocycles. The van der Waals surface area contributed by atoms with Gasteiger partial charge in [0.25, 0.3) is 5.91 Å². The van der Waals surface area contributed by atoms with Crippen LogP contribution in [-0.4, -0.2) is 19.6 Å². The minimum atomic E-state index is -0.0587. The van der Waals surface area contributed by atoms with E-state index in [0.29, 0.717) is 12.1 Å². The molecule has 0 radical (unpaired) electrons. The minimum absolute atomic E-state index is 0.0587. The summed E-state index contributed by atoms with van der Waals surface area (Å²) in [4.78, 5) is 12.6. The van der Waals surface area contributed by atoms with E-state index in [9.17, 15) is 4.79 Å². The number of rotatable bonds is 5. The molecule has 3 aromatic rings. The van der Waals surface area contributed by atoms with Gasteiger partial charge in [-0.25, -0.2) is 0 Å². The van der Waals surface area contributed by atoms with E-state index < -0.39 is 0 Å². The topological polar surface area (TPSA) is 38.3 Å². The fourth-order valence-electron chi connectivity index (χ4n) is 2.89. The molecule has 0 fully saturated rings. The van der Waals surface area contributed by atoms with Gasteiger partial charge in [0.05, 0.1) is 7.11 Å². The van der Waals surface area contributed by atoms with Crippen molar-refractivity contribution >= 4 is 16.7 Å². The lowest BCUT2D eigenvalue weighted by atomic mass is 10.0. The zero-order valence-corrected chi connectivity index (χ0v) is 14.0. The Morgan fingerprint density at radius 1 is 0.958 bits per heavy atom. The summed E-state index contributed by atoms with van der Waals surface area (Å²) < 4.78 is 5.39. The largest absolute Gasteiger partial charge is 0.496 e. The average molecular weight is 319 g/mol. The highest BCUT2D eigenvalue weighted by atomic mass is 16.5. The summed E-state index contributed by atoms with van der Waals surface area (Å²) in [5.41, 5.74) is 1.89. The molecule has 3 rings (SSSR count). The number of benzene rings is 3. The van der Waals surface area contributed by atoms with Gasteiger partial charge in [0.1, 0.15) is 5.75 Å². The van der Waals surface area contributed by atoms with Crippen molar-refractivity contribution in [2.75, 3.05) is 13.7 Å². The molecule has 0 heterocycles. The second kappa shape index (κ2) is 7.18. The van der Waals surface area contributed by atoms with E-state index in [1.807, 2.05) is 54.6 Å². The Labute approximate surface area is 142 Å². The van der Waals surface area contributed by atoms with Crippen molar-refractivity contribution in [3.8, 4) is 5.75 Å². The maximum atomic E-state index is 12.6. The zero-order valence-electron chi connectivity index (χ0n) is 14.0.